The molecule has 0 saturated heterocycles. The molecule has 2 heterocycles. The number of anilines is 1. The lowest BCUT2D eigenvalue weighted by Gasteiger charge is -2.09. The van der Waals surface area contributed by atoms with E-state index in [0.29, 0.717) is 11.4 Å². The van der Waals surface area contributed by atoms with E-state index in [1.165, 1.54) is 37.6 Å². The standard InChI is InChI=1S/C22H17N5O6S/c1-32-18-12-15(27(30)31)9-10-16(18)23-19(28)13-34-22-24-20(14-6-3-2-4-7-14)25-26(22)21(29)17-8-5-11-33-17/h2-12H,13H2,1H3,(H,23,28). The molecule has 2 aromatic heterocycles. The number of thioether (sulfide) groups is 1. The van der Waals surface area contributed by atoms with Crippen LogP contribution in [-0.4, -0.2) is 44.4 Å². The van der Waals surface area contributed by atoms with Gasteiger partial charge in [0.25, 0.3) is 5.69 Å². The molecule has 0 aliphatic carbocycles. The molecule has 0 aliphatic heterocycles. The highest BCUT2D eigenvalue weighted by molar-refractivity contribution is 7.99. The van der Waals surface area contributed by atoms with E-state index in [1.807, 2.05) is 18.2 Å². The van der Waals surface area contributed by atoms with Gasteiger partial charge in [0.05, 0.1) is 35.8 Å². The molecule has 4 aromatic rings. The summed E-state index contributed by atoms with van der Waals surface area (Å²) in [6.45, 7) is 0. The van der Waals surface area contributed by atoms with E-state index >= 15 is 0 Å². The summed E-state index contributed by atoms with van der Waals surface area (Å²) >= 11 is 1.00. The third kappa shape index (κ3) is 4.96. The Kier molecular flexibility index (Phi) is 6.69. The molecule has 1 N–H and O–H groups in total. The molecule has 0 spiro atoms. The molecule has 0 unspecified atom stereocenters. The lowest BCUT2D eigenvalue weighted by molar-refractivity contribution is -0.384. The highest BCUT2D eigenvalue weighted by atomic mass is 32.2. The predicted molar refractivity (Wildman–Crippen MR) is 123 cm³/mol. The normalized spacial score (nSPS) is 10.6. The number of ether oxygens (including phenoxy) is 1. The minimum atomic E-state index is -0.558. The first kappa shape index (κ1) is 22.7. The Balaban J connectivity index is 1.54. The second-order valence-electron chi connectivity index (χ2n) is 6.76. The highest BCUT2D eigenvalue weighted by Gasteiger charge is 2.22. The molecule has 4 rings (SSSR count). The van der Waals surface area contributed by atoms with Gasteiger partial charge < -0.3 is 14.5 Å². The van der Waals surface area contributed by atoms with Crippen LogP contribution >= 0.6 is 11.8 Å². The first-order chi connectivity index (χ1) is 16.5. The van der Waals surface area contributed by atoms with Gasteiger partial charge in [-0.05, 0) is 18.2 Å². The number of carbonyl (C=O) groups is 2. The van der Waals surface area contributed by atoms with E-state index in [0.717, 1.165) is 16.4 Å². The Bertz CT molecular complexity index is 1340. The fourth-order valence-electron chi connectivity index (χ4n) is 2.95. The summed E-state index contributed by atoms with van der Waals surface area (Å²) in [6.07, 6.45) is 1.38. The Morgan fingerprint density at radius 1 is 1.18 bits per heavy atom. The maximum atomic E-state index is 12.9. The molecule has 2 aromatic carbocycles. The maximum Gasteiger partial charge on any atom is 0.316 e. The number of nitrogens with zero attached hydrogens (tertiary/aromatic N) is 4. The number of amides is 1. The van der Waals surface area contributed by atoms with Crippen molar-refractivity contribution in [2.45, 2.75) is 5.16 Å². The SMILES string of the molecule is COc1cc([N+](=O)[O-])ccc1NC(=O)CSc1nc(-c2ccccc2)nn1C(=O)c1ccco1. The van der Waals surface area contributed by atoms with Gasteiger partial charge in [0.15, 0.2) is 16.7 Å². The van der Waals surface area contributed by atoms with Crippen LogP contribution in [0.5, 0.6) is 5.75 Å². The predicted octanol–water partition coefficient (Wildman–Crippen LogP) is 3.87. The Labute approximate surface area is 196 Å². The van der Waals surface area contributed by atoms with Gasteiger partial charge >= 0.3 is 5.91 Å². The van der Waals surface area contributed by atoms with Crippen molar-refractivity contribution in [3.05, 3.63) is 82.8 Å². The second-order valence-corrected chi connectivity index (χ2v) is 7.70. The summed E-state index contributed by atoms with van der Waals surface area (Å²) in [6, 6.07) is 16.1. The van der Waals surface area contributed by atoms with Gasteiger partial charge in [-0.2, -0.15) is 4.68 Å². The lowest BCUT2D eigenvalue weighted by atomic mass is 10.2. The highest BCUT2D eigenvalue weighted by Crippen LogP contribution is 2.29. The average Bonchev–Trinajstić information content (AvgIpc) is 3.53. The van der Waals surface area contributed by atoms with E-state index in [-0.39, 0.29) is 33.8 Å². The minimum absolute atomic E-state index is 0.0754. The number of furan rings is 1. The van der Waals surface area contributed by atoms with Crippen molar-refractivity contribution in [2.24, 2.45) is 0 Å². The molecular weight excluding hydrogens is 462 g/mol. The van der Waals surface area contributed by atoms with Gasteiger partial charge in [0.2, 0.25) is 5.91 Å². The molecule has 1 amide bonds. The molecule has 12 heteroatoms. The van der Waals surface area contributed by atoms with Crippen molar-refractivity contribution in [3.63, 3.8) is 0 Å². The van der Waals surface area contributed by atoms with Crippen LogP contribution in [0, 0.1) is 10.1 Å². The summed E-state index contributed by atoms with van der Waals surface area (Å²) in [4.78, 5) is 40.3. The smallest absolute Gasteiger partial charge is 0.316 e. The van der Waals surface area contributed by atoms with Crippen LogP contribution < -0.4 is 10.1 Å². The van der Waals surface area contributed by atoms with Gasteiger partial charge in [-0.15, -0.1) is 5.10 Å². The number of non-ortho nitro benzene ring substituents is 1. The molecule has 34 heavy (non-hydrogen) atoms. The van der Waals surface area contributed by atoms with E-state index in [2.05, 4.69) is 15.4 Å². The molecule has 172 valence electrons. The van der Waals surface area contributed by atoms with Gasteiger partial charge in [-0.25, -0.2) is 4.98 Å². The first-order valence-corrected chi connectivity index (χ1v) is 10.8. The second kappa shape index (κ2) is 10.0. The van der Waals surface area contributed by atoms with E-state index < -0.39 is 16.7 Å². The van der Waals surface area contributed by atoms with Crippen LogP contribution in [0.25, 0.3) is 11.4 Å². The molecular formula is C22H17N5O6S. The molecule has 11 nitrogen and oxygen atoms in total. The zero-order chi connectivity index (χ0) is 24.1. The fraction of sp³-hybridized carbons (Fsp3) is 0.0909. The number of nitro groups is 1. The van der Waals surface area contributed by atoms with Crippen LogP contribution in [0.1, 0.15) is 10.6 Å². The Morgan fingerprint density at radius 2 is 1.97 bits per heavy atom. The molecule has 0 saturated carbocycles. The number of aromatic nitrogens is 3. The van der Waals surface area contributed by atoms with Gasteiger partial charge in [-0.3, -0.25) is 19.7 Å². The molecule has 0 radical (unpaired) electrons. The number of nitro benzene ring substituents is 1. The first-order valence-electron chi connectivity index (χ1n) is 9.82. The fourth-order valence-corrected chi connectivity index (χ4v) is 3.68. The number of hydrogen-bond acceptors (Lipinski definition) is 9. The number of benzene rings is 2. The van der Waals surface area contributed by atoms with E-state index in [1.54, 1.807) is 18.2 Å². The van der Waals surface area contributed by atoms with Crippen molar-refractivity contribution in [1.82, 2.24) is 14.8 Å². The number of nitrogens with one attached hydrogen (secondary N) is 1. The van der Waals surface area contributed by atoms with Crippen LogP contribution in [0.2, 0.25) is 0 Å². The topological polar surface area (TPSA) is 142 Å². The zero-order valence-corrected chi connectivity index (χ0v) is 18.5. The van der Waals surface area contributed by atoms with Crippen LogP contribution in [-0.2, 0) is 4.79 Å². The quantitative estimate of drug-likeness (QED) is 0.226. The third-order valence-corrected chi connectivity index (χ3v) is 5.47. The van der Waals surface area contributed by atoms with Crippen molar-refractivity contribution >= 4 is 35.0 Å². The summed E-state index contributed by atoms with van der Waals surface area (Å²) in [5.74, 6) is -0.529. The number of carbonyl (C=O) groups excluding carboxylic acids is 2. The van der Waals surface area contributed by atoms with Crippen LogP contribution in [0.3, 0.4) is 0 Å². The summed E-state index contributed by atoms with van der Waals surface area (Å²) in [7, 11) is 1.34. The van der Waals surface area contributed by atoms with E-state index in [4.69, 9.17) is 9.15 Å². The van der Waals surface area contributed by atoms with Gasteiger partial charge in [0.1, 0.15) is 5.75 Å². The third-order valence-electron chi connectivity index (χ3n) is 4.54. The molecule has 0 aliphatic rings. The van der Waals surface area contributed by atoms with Gasteiger partial charge in [0, 0.05) is 11.6 Å². The largest absolute Gasteiger partial charge is 0.494 e. The van der Waals surface area contributed by atoms with Crippen molar-refractivity contribution in [3.8, 4) is 17.1 Å². The zero-order valence-electron chi connectivity index (χ0n) is 17.7. The van der Waals surface area contributed by atoms with Crippen LogP contribution in [0.15, 0.2) is 76.5 Å². The Morgan fingerprint density at radius 3 is 2.65 bits per heavy atom. The molecule has 0 atom stereocenters. The summed E-state index contributed by atoms with van der Waals surface area (Å²) in [5.41, 5.74) is 0.814. The molecule has 0 fully saturated rings. The summed E-state index contributed by atoms with van der Waals surface area (Å²) < 4.78 is 11.4. The van der Waals surface area contributed by atoms with Crippen LogP contribution in [0.4, 0.5) is 11.4 Å². The summed E-state index contributed by atoms with van der Waals surface area (Å²) in [5, 5.41) is 18.1. The van der Waals surface area contributed by atoms with Crippen molar-refractivity contribution < 1.29 is 23.7 Å². The van der Waals surface area contributed by atoms with Crippen molar-refractivity contribution in [2.75, 3.05) is 18.2 Å². The van der Waals surface area contributed by atoms with E-state index in [9.17, 15) is 19.7 Å². The van der Waals surface area contributed by atoms with Gasteiger partial charge in [-0.1, -0.05) is 42.1 Å². The number of rotatable bonds is 8. The maximum absolute atomic E-state index is 12.9. The molecule has 0 bridgehead atoms. The lowest BCUT2D eigenvalue weighted by Crippen LogP contribution is -2.17. The number of methoxy groups -OCH3 is 1. The monoisotopic (exact) mass is 479 g/mol. The number of hydrogen-bond donors (Lipinski definition) is 1. The van der Waals surface area contributed by atoms with Crippen molar-refractivity contribution in [1.29, 1.82) is 0 Å². The average molecular weight is 479 g/mol. The minimum Gasteiger partial charge on any atom is -0.494 e. The Hall–Kier alpha value is -4.45.